The molecule has 1 aromatic heterocycles. The van der Waals surface area contributed by atoms with Crippen molar-refractivity contribution in [3.63, 3.8) is 0 Å². The number of halogens is 1. The molecule has 294 valence electrons. The highest BCUT2D eigenvalue weighted by Gasteiger charge is 2.59. The van der Waals surface area contributed by atoms with Gasteiger partial charge < -0.3 is 23.9 Å². The standard InChI is InChI=1S/C42H47FN3O6PS2Si/c1-29(52-56(3,4)5)37-38(35(25-43)36(47)27-54-42-45-44-28-55-42)46(39(37)48)40(41(49)51-26-30-21-23-31(50-2)24-22-30)53(32-15-9-6-10-16-32,33-17-11-7-12-18-33)34-19-13-8-14-20-34/h6-24,28-29,35-38,47H,25-27H2,1-5H3/t29-,35+,36-,37-,38-/m1/s1. The van der Waals surface area contributed by atoms with Gasteiger partial charge in [-0.1, -0.05) is 126 Å². The number of thioether (sulfide) groups is 1. The van der Waals surface area contributed by atoms with E-state index in [1.807, 2.05) is 130 Å². The molecule has 4 aromatic carbocycles. The molecule has 1 aliphatic heterocycles. The molecule has 14 heteroatoms. The van der Waals surface area contributed by atoms with E-state index in [1.54, 1.807) is 24.8 Å². The minimum absolute atomic E-state index is 0.0936. The summed E-state index contributed by atoms with van der Waals surface area (Å²) >= 11 is 2.60. The van der Waals surface area contributed by atoms with Crippen LogP contribution in [0.3, 0.4) is 0 Å². The van der Waals surface area contributed by atoms with Gasteiger partial charge in [-0.2, -0.15) is 0 Å². The zero-order chi connectivity index (χ0) is 39.9. The van der Waals surface area contributed by atoms with E-state index in [0.29, 0.717) is 15.7 Å². The number of hydrogen-bond acceptors (Lipinski definition) is 10. The minimum atomic E-state index is -3.31. The summed E-state index contributed by atoms with van der Waals surface area (Å²) in [6, 6.07) is 35.3. The van der Waals surface area contributed by atoms with E-state index < -0.39 is 57.9 Å². The minimum Gasteiger partial charge on any atom is -0.497 e. The number of nitrogens with zero attached hydrogens (tertiary/aromatic N) is 3. The van der Waals surface area contributed by atoms with Crippen LogP contribution in [0, 0.1) is 11.8 Å². The Labute approximate surface area is 337 Å². The van der Waals surface area contributed by atoms with Gasteiger partial charge in [0.05, 0.1) is 38.0 Å². The molecule has 0 radical (unpaired) electrons. The van der Waals surface area contributed by atoms with Crippen LogP contribution >= 0.6 is 30.0 Å². The number of likely N-dealkylation sites (tertiary alicyclic amines) is 1. The zero-order valence-corrected chi connectivity index (χ0v) is 35.6. The highest BCUT2D eigenvalue weighted by atomic mass is 32.2. The van der Waals surface area contributed by atoms with Gasteiger partial charge in [0, 0.05) is 18.6 Å². The highest BCUT2D eigenvalue weighted by molar-refractivity contribution is 8.01. The lowest BCUT2D eigenvalue weighted by Crippen LogP contribution is -2.72. The Hall–Kier alpha value is -4.10. The molecule has 6 rings (SSSR count). The predicted octanol–water partition coefficient (Wildman–Crippen LogP) is 6.52. The van der Waals surface area contributed by atoms with Gasteiger partial charge in [-0.3, -0.25) is 9.18 Å². The van der Waals surface area contributed by atoms with Gasteiger partial charge in [-0.05, 0) is 60.2 Å². The maximum absolute atomic E-state index is 15.8. The lowest BCUT2D eigenvalue weighted by Gasteiger charge is -2.55. The smallest absolute Gasteiger partial charge is 0.356 e. The van der Waals surface area contributed by atoms with Crippen LogP contribution < -0.4 is 20.7 Å². The number of β-lactam (4-membered cyclic amide) rings is 1. The molecule has 1 amide bonds. The van der Waals surface area contributed by atoms with Gasteiger partial charge in [0.25, 0.3) is 0 Å². The average molecular weight is 832 g/mol. The first-order valence-electron chi connectivity index (χ1n) is 18.4. The second-order valence-electron chi connectivity index (χ2n) is 14.5. The number of carbonyl (C=O) groups excluding carboxylic acids is 2. The molecule has 0 saturated carbocycles. The number of aromatic nitrogens is 2. The summed E-state index contributed by atoms with van der Waals surface area (Å²) in [6.07, 6.45) is -1.84. The van der Waals surface area contributed by atoms with E-state index in [2.05, 4.69) is 10.2 Å². The third kappa shape index (κ3) is 8.88. The van der Waals surface area contributed by atoms with Gasteiger partial charge in [-0.15, -0.1) is 10.2 Å². The SMILES string of the molecule is COc1ccc(COC(=O)C(N2C(=O)[C@H]([C@@H](C)O[Si](C)(C)C)[C@H]2[C@@H](CF)[C@H](O)CSc2nncs2)=P(c2ccccc2)(c2ccccc2)c2ccccc2)cc1. The van der Waals surface area contributed by atoms with E-state index in [9.17, 15) is 5.11 Å². The molecule has 1 fully saturated rings. The van der Waals surface area contributed by atoms with E-state index in [-0.39, 0.29) is 23.7 Å². The van der Waals surface area contributed by atoms with Crippen LogP contribution in [0.4, 0.5) is 4.39 Å². The maximum Gasteiger partial charge on any atom is 0.356 e. The van der Waals surface area contributed by atoms with Gasteiger partial charge >= 0.3 is 5.97 Å². The number of carbonyl (C=O) groups is 2. The highest BCUT2D eigenvalue weighted by Crippen LogP contribution is 2.51. The molecule has 5 aromatic rings. The van der Waals surface area contributed by atoms with Crippen molar-refractivity contribution in [2.45, 2.75) is 55.8 Å². The first-order valence-corrected chi connectivity index (χ1v) is 25.4. The summed E-state index contributed by atoms with van der Waals surface area (Å²) in [4.78, 5) is 31.9. The van der Waals surface area contributed by atoms with Crippen LogP contribution in [0.5, 0.6) is 5.75 Å². The first-order chi connectivity index (χ1) is 27.0. The fourth-order valence-electron chi connectivity index (χ4n) is 7.37. The number of amides is 1. The number of benzene rings is 4. The molecule has 5 atom stereocenters. The Bertz CT molecular complexity index is 2010. The normalized spacial score (nSPS) is 17.4. The number of alkyl halides is 1. The van der Waals surface area contributed by atoms with Crippen LogP contribution in [0.2, 0.25) is 19.6 Å². The molecule has 0 bridgehead atoms. The third-order valence-corrected chi connectivity index (χ3v) is 17.0. The number of ether oxygens (including phenoxy) is 2. The molecular weight excluding hydrogens is 785 g/mol. The number of esters is 1. The van der Waals surface area contributed by atoms with E-state index >= 15 is 14.0 Å². The molecule has 2 heterocycles. The molecule has 9 nitrogen and oxygen atoms in total. The zero-order valence-electron chi connectivity index (χ0n) is 32.0. The van der Waals surface area contributed by atoms with Crippen LogP contribution in [0.25, 0.3) is 0 Å². The number of methoxy groups -OCH3 is 1. The third-order valence-electron chi connectivity index (χ3n) is 9.75. The van der Waals surface area contributed by atoms with E-state index in [4.69, 9.17) is 13.9 Å². The Kier molecular flexibility index (Phi) is 13.7. The second kappa shape index (κ2) is 18.4. The van der Waals surface area contributed by atoms with Crippen molar-refractivity contribution in [3.8, 4) is 5.75 Å². The van der Waals surface area contributed by atoms with Crippen molar-refractivity contribution in [3.05, 3.63) is 126 Å². The van der Waals surface area contributed by atoms with Crippen molar-refractivity contribution < 1.29 is 33.0 Å². The van der Waals surface area contributed by atoms with Crippen molar-refractivity contribution in [1.82, 2.24) is 15.1 Å². The van der Waals surface area contributed by atoms with E-state index in [0.717, 1.165) is 15.9 Å². The fourth-order valence-corrected chi connectivity index (χ4v) is 14.6. The lowest BCUT2D eigenvalue weighted by molar-refractivity contribution is -0.163. The Morgan fingerprint density at radius 1 is 0.929 bits per heavy atom. The molecule has 1 N–H and O–H groups in total. The molecule has 0 unspecified atom stereocenters. The monoisotopic (exact) mass is 831 g/mol. The summed E-state index contributed by atoms with van der Waals surface area (Å²) in [5.41, 5.74) is 2.43. The van der Waals surface area contributed by atoms with Crippen molar-refractivity contribution in [1.29, 1.82) is 0 Å². The Balaban J connectivity index is 1.62. The van der Waals surface area contributed by atoms with Crippen molar-refractivity contribution in [2.24, 2.45) is 11.8 Å². The van der Waals surface area contributed by atoms with Crippen molar-refractivity contribution in [2.75, 3.05) is 19.5 Å². The summed E-state index contributed by atoms with van der Waals surface area (Å²) < 4.78 is 34.5. The molecule has 0 spiro atoms. The fraction of sp³-hybridized carbons (Fsp3) is 0.310. The van der Waals surface area contributed by atoms with Gasteiger partial charge in [0.2, 0.25) is 5.91 Å². The molecular formula is C42H47FN3O6PS2Si. The number of aliphatic hydroxyl groups excluding tert-OH is 1. The lowest BCUT2D eigenvalue weighted by atomic mass is 9.74. The predicted molar refractivity (Wildman–Crippen MR) is 227 cm³/mol. The molecule has 1 saturated heterocycles. The van der Waals surface area contributed by atoms with Gasteiger partial charge in [-0.25, -0.2) is 4.79 Å². The van der Waals surface area contributed by atoms with Crippen LogP contribution in [-0.2, 0) is 25.4 Å². The van der Waals surface area contributed by atoms with Gasteiger partial charge in [0.1, 0.15) is 23.3 Å². The maximum atomic E-state index is 15.8. The topological polar surface area (TPSA) is 111 Å². The number of hydrogen-bond donors (Lipinski definition) is 1. The van der Waals surface area contributed by atoms with E-state index in [1.165, 1.54) is 28.0 Å². The Morgan fingerprint density at radius 3 is 1.95 bits per heavy atom. The average Bonchev–Trinajstić information content (AvgIpc) is 3.73. The quantitative estimate of drug-likeness (QED) is 0.0369. The van der Waals surface area contributed by atoms with Crippen molar-refractivity contribution >= 4 is 71.5 Å². The first kappa shape index (κ1) is 41.5. The molecule has 0 aliphatic carbocycles. The molecule has 56 heavy (non-hydrogen) atoms. The summed E-state index contributed by atoms with van der Waals surface area (Å²) in [6.45, 7) is 3.57. The summed E-state index contributed by atoms with van der Waals surface area (Å²) in [5, 5.41) is 22.2. The number of rotatable bonds is 17. The van der Waals surface area contributed by atoms with Crippen LogP contribution in [-0.4, -0.2) is 83.6 Å². The number of aliphatic hydroxyl groups is 1. The van der Waals surface area contributed by atoms with Crippen LogP contribution in [0.1, 0.15) is 12.5 Å². The Morgan fingerprint density at radius 2 is 1.48 bits per heavy atom. The summed E-state index contributed by atoms with van der Waals surface area (Å²) in [5.74, 6) is -2.27. The second-order valence-corrected chi connectivity index (χ2v) is 24.4. The summed E-state index contributed by atoms with van der Waals surface area (Å²) in [7, 11) is -0.637. The molecule has 1 aliphatic rings. The van der Waals surface area contributed by atoms with Crippen LogP contribution in [0.15, 0.2) is 125 Å². The van der Waals surface area contributed by atoms with Gasteiger partial charge in [0.15, 0.2) is 12.7 Å². The largest absolute Gasteiger partial charge is 0.497 e.